The van der Waals surface area contributed by atoms with Crippen molar-refractivity contribution in [1.82, 2.24) is 9.78 Å². The molecule has 0 amide bonds. The first-order valence-corrected chi connectivity index (χ1v) is 6.54. The fourth-order valence-electron chi connectivity index (χ4n) is 2.54. The van der Waals surface area contributed by atoms with Gasteiger partial charge in [0.15, 0.2) is 0 Å². The number of anilines is 1. The van der Waals surface area contributed by atoms with Crippen LogP contribution in [0.3, 0.4) is 0 Å². The van der Waals surface area contributed by atoms with Gasteiger partial charge in [0.2, 0.25) is 5.82 Å². The monoisotopic (exact) mass is 282 g/mol. The van der Waals surface area contributed by atoms with E-state index in [9.17, 15) is 14.9 Å². The topological polar surface area (TPSA) is 102 Å². The van der Waals surface area contributed by atoms with Crippen molar-refractivity contribution < 1.29 is 14.8 Å². The van der Waals surface area contributed by atoms with Crippen molar-refractivity contribution in [1.29, 1.82) is 0 Å². The Morgan fingerprint density at radius 1 is 1.60 bits per heavy atom. The lowest BCUT2D eigenvalue weighted by Crippen LogP contribution is -2.51. The van der Waals surface area contributed by atoms with E-state index in [0.29, 0.717) is 31.0 Å². The molecule has 1 saturated heterocycles. The van der Waals surface area contributed by atoms with Crippen LogP contribution in [0.2, 0.25) is 0 Å². The Morgan fingerprint density at radius 2 is 2.20 bits per heavy atom. The van der Waals surface area contributed by atoms with Gasteiger partial charge in [-0.3, -0.25) is 14.9 Å². The summed E-state index contributed by atoms with van der Waals surface area (Å²) < 4.78 is 1.51. The summed E-state index contributed by atoms with van der Waals surface area (Å²) in [6, 6.07) is 0. The number of aliphatic carboxylic acids is 1. The summed E-state index contributed by atoms with van der Waals surface area (Å²) >= 11 is 0. The molecule has 2 heterocycles. The highest BCUT2D eigenvalue weighted by atomic mass is 16.6. The maximum Gasteiger partial charge on any atom is 0.334 e. The molecule has 0 bridgehead atoms. The van der Waals surface area contributed by atoms with Gasteiger partial charge in [0.05, 0.1) is 10.8 Å². The summed E-state index contributed by atoms with van der Waals surface area (Å²) in [6.07, 6.45) is 0.493. The number of hydrogen-bond acceptors (Lipinski definition) is 5. The molecule has 110 valence electrons. The molecule has 2 rings (SSSR count). The van der Waals surface area contributed by atoms with Crippen molar-refractivity contribution in [2.24, 2.45) is 18.9 Å². The van der Waals surface area contributed by atoms with E-state index in [-0.39, 0.29) is 11.6 Å². The van der Waals surface area contributed by atoms with E-state index >= 15 is 0 Å². The van der Waals surface area contributed by atoms with Crippen LogP contribution >= 0.6 is 0 Å². The third kappa shape index (κ3) is 2.21. The van der Waals surface area contributed by atoms with Gasteiger partial charge in [0, 0.05) is 26.1 Å². The number of rotatable bonds is 5. The molecule has 1 aromatic heterocycles. The van der Waals surface area contributed by atoms with Crippen LogP contribution in [0.5, 0.6) is 0 Å². The molecule has 0 aliphatic carbocycles. The Hall–Kier alpha value is -2.12. The van der Waals surface area contributed by atoms with Crippen LogP contribution in [-0.4, -0.2) is 38.9 Å². The van der Waals surface area contributed by atoms with E-state index in [1.807, 2.05) is 11.8 Å². The Morgan fingerprint density at radius 3 is 2.65 bits per heavy atom. The lowest BCUT2D eigenvalue weighted by molar-refractivity contribution is -0.384. The van der Waals surface area contributed by atoms with Gasteiger partial charge in [0.1, 0.15) is 5.69 Å². The van der Waals surface area contributed by atoms with E-state index < -0.39 is 16.8 Å². The van der Waals surface area contributed by atoms with Gasteiger partial charge in [0.25, 0.3) is 0 Å². The summed E-state index contributed by atoms with van der Waals surface area (Å²) in [6.45, 7) is 4.51. The second-order valence-electron chi connectivity index (χ2n) is 5.15. The van der Waals surface area contributed by atoms with Crippen LogP contribution in [-0.2, 0) is 18.3 Å². The molecule has 0 aromatic carbocycles. The highest BCUT2D eigenvalue weighted by Gasteiger charge is 2.40. The third-order valence-corrected chi connectivity index (χ3v) is 3.89. The molecule has 1 unspecified atom stereocenters. The highest BCUT2D eigenvalue weighted by molar-refractivity contribution is 5.71. The third-order valence-electron chi connectivity index (χ3n) is 3.89. The van der Waals surface area contributed by atoms with E-state index in [0.717, 1.165) is 0 Å². The van der Waals surface area contributed by atoms with Crippen molar-refractivity contribution >= 4 is 17.5 Å². The van der Waals surface area contributed by atoms with E-state index in [1.165, 1.54) is 4.68 Å². The predicted molar refractivity (Wildman–Crippen MR) is 71.7 cm³/mol. The van der Waals surface area contributed by atoms with Crippen LogP contribution in [0.25, 0.3) is 0 Å². The molecule has 0 spiro atoms. The first-order valence-electron chi connectivity index (χ1n) is 6.54. The van der Waals surface area contributed by atoms with Crippen LogP contribution in [0.4, 0.5) is 11.5 Å². The average molecular weight is 282 g/mol. The normalized spacial score (nSPS) is 16.9. The van der Waals surface area contributed by atoms with Crippen molar-refractivity contribution in [2.75, 3.05) is 18.0 Å². The van der Waals surface area contributed by atoms with Gasteiger partial charge in [-0.05, 0) is 6.42 Å². The number of nitrogens with zero attached hydrogens (tertiary/aromatic N) is 4. The number of hydrogen-bond donors (Lipinski definition) is 1. The Labute approximate surface area is 116 Å². The standard InChI is InChI=1S/C12H18N4O4/c1-4-9-10(16(19)20)11(14(3)13-9)15-5-8(6-15)7(2)12(17)18/h7-8H,4-6H2,1-3H3,(H,17,18). The Balaban J connectivity index is 2.22. The number of aromatic nitrogens is 2. The summed E-state index contributed by atoms with van der Waals surface area (Å²) in [5, 5.41) is 24.4. The van der Waals surface area contributed by atoms with Crippen LogP contribution in [0.15, 0.2) is 0 Å². The number of aryl methyl sites for hydroxylation is 2. The largest absolute Gasteiger partial charge is 0.481 e. The average Bonchev–Trinajstić information content (AvgIpc) is 2.64. The molecule has 8 nitrogen and oxygen atoms in total. The zero-order valence-electron chi connectivity index (χ0n) is 11.7. The zero-order chi connectivity index (χ0) is 15.0. The minimum Gasteiger partial charge on any atom is -0.481 e. The van der Waals surface area contributed by atoms with Gasteiger partial charge in [-0.25, -0.2) is 4.68 Å². The minimum atomic E-state index is -0.830. The van der Waals surface area contributed by atoms with Gasteiger partial charge < -0.3 is 10.0 Å². The molecule has 1 aromatic rings. The molecular formula is C12H18N4O4. The fourth-order valence-corrected chi connectivity index (χ4v) is 2.54. The summed E-state index contributed by atoms with van der Waals surface area (Å²) in [4.78, 5) is 23.6. The molecule has 1 aliphatic heterocycles. The molecule has 20 heavy (non-hydrogen) atoms. The van der Waals surface area contributed by atoms with Gasteiger partial charge >= 0.3 is 11.7 Å². The second kappa shape index (κ2) is 5.10. The van der Waals surface area contributed by atoms with Crippen LogP contribution in [0, 0.1) is 22.0 Å². The second-order valence-corrected chi connectivity index (χ2v) is 5.15. The number of carboxylic acid groups (broad SMARTS) is 1. The number of carboxylic acids is 1. The van der Waals surface area contributed by atoms with E-state index in [1.54, 1.807) is 14.0 Å². The maximum atomic E-state index is 11.2. The van der Waals surface area contributed by atoms with Crippen molar-refractivity contribution in [3.63, 3.8) is 0 Å². The van der Waals surface area contributed by atoms with Crippen molar-refractivity contribution in [3.8, 4) is 0 Å². The SMILES string of the molecule is CCc1nn(C)c(N2CC(C(C)C(=O)O)C2)c1[N+](=O)[O-]. The number of carbonyl (C=O) groups is 1. The van der Waals surface area contributed by atoms with E-state index in [4.69, 9.17) is 5.11 Å². The first kappa shape index (κ1) is 14.3. The Kier molecular flexibility index (Phi) is 3.65. The molecule has 1 fully saturated rings. The molecule has 0 radical (unpaired) electrons. The van der Waals surface area contributed by atoms with Crippen molar-refractivity contribution in [3.05, 3.63) is 15.8 Å². The summed E-state index contributed by atoms with van der Waals surface area (Å²) in [5.41, 5.74) is 0.499. The van der Waals surface area contributed by atoms with Crippen LogP contribution in [0.1, 0.15) is 19.5 Å². The minimum absolute atomic E-state index is 0.0204. The first-order chi connectivity index (χ1) is 9.36. The predicted octanol–water partition coefficient (Wildman–Crippen LogP) is 1.05. The lowest BCUT2D eigenvalue weighted by atomic mass is 9.87. The molecule has 8 heteroatoms. The van der Waals surface area contributed by atoms with Crippen LogP contribution < -0.4 is 4.90 Å². The van der Waals surface area contributed by atoms with Gasteiger partial charge in [-0.2, -0.15) is 5.10 Å². The van der Waals surface area contributed by atoms with Crippen molar-refractivity contribution in [2.45, 2.75) is 20.3 Å². The molecular weight excluding hydrogens is 264 g/mol. The maximum absolute atomic E-state index is 11.2. The molecule has 1 atom stereocenters. The number of nitro groups is 1. The lowest BCUT2D eigenvalue weighted by Gasteiger charge is -2.41. The summed E-state index contributed by atoms with van der Waals surface area (Å²) in [7, 11) is 1.68. The Bertz CT molecular complexity index is 548. The molecule has 1 N–H and O–H groups in total. The van der Waals surface area contributed by atoms with E-state index in [2.05, 4.69) is 5.10 Å². The summed E-state index contributed by atoms with van der Waals surface area (Å²) in [5.74, 6) is -0.777. The fraction of sp³-hybridized carbons (Fsp3) is 0.667. The van der Waals surface area contributed by atoms with Gasteiger partial charge in [-0.1, -0.05) is 13.8 Å². The highest BCUT2D eigenvalue weighted by Crippen LogP contribution is 2.37. The molecule has 1 aliphatic rings. The quantitative estimate of drug-likeness (QED) is 0.639. The zero-order valence-corrected chi connectivity index (χ0v) is 11.7. The molecule has 0 saturated carbocycles. The smallest absolute Gasteiger partial charge is 0.334 e. The van der Waals surface area contributed by atoms with Gasteiger partial charge in [-0.15, -0.1) is 0 Å².